The van der Waals surface area contributed by atoms with Crippen LogP contribution in [-0.2, 0) is 9.59 Å². The molecule has 2 fully saturated rings. The molecule has 4 atom stereocenters. The third kappa shape index (κ3) is 2.51. The summed E-state index contributed by atoms with van der Waals surface area (Å²) in [6.45, 7) is 2.96. The quantitative estimate of drug-likeness (QED) is 0.779. The number of aliphatic hydroxyl groups is 1. The topological polar surface area (TPSA) is 77.8 Å². The molecule has 0 radical (unpaired) electrons. The summed E-state index contributed by atoms with van der Waals surface area (Å²) < 4.78 is 0. The lowest BCUT2D eigenvalue weighted by atomic mass is 9.95. The number of carbonyl (C=O) groups excluding carboxylic acids is 1. The van der Waals surface area contributed by atoms with Crippen molar-refractivity contribution in [3.63, 3.8) is 0 Å². The normalized spacial score (nSPS) is 33.7. The van der Waals surface area contributed by atoms with E-state index in [9.17, 15) is 14.7 Å². The monoisotopic (exact) mass is 255 g/mol. The number of carboxylic acid groups (broad SMARTS) is 1. The fraction of sp³-hybridized carbons (Fsp3) is 0.846. The number of hydrogen-bond donors (Lipinski definition) is 2. The molecule has 1 aliphatic heterocycles. The van der Waals surface area contributed by atoms with Gasteiger partial charge in [-0.1, -0.05) is 6.42 Å². The van der Waals surface area contributed by atoms with Crippen molar-refractivity contribution in [1.82, 2.24) is 4.90 Å². The van der Waals surface area contributed by atoms with Crippen LogP contribution in [0.2, 0.25) is 0 Å². The molecular weight excluding hydrogens is 234 g/mol. The van der Waals surface area contributed by atoms with E-state index in [1.807, 2.05) is 0 Å². The van der Waals surface area contributed by atoms with Gasteiger partial charge >= 0.3 is 5.97 Å². The van der Waals surface area contributed by atoms with Gasteiger partial charge in [-0.05, 0) is 26.2 Å². The summed E-state index contributed by atoms with van der Waals surface area (Å²) in [4.78, 5) is 25.1. The number of nitrogens with zero attached hydrogens (tertiary/aromatic N) is 1. The number of rotatable bonds is 3. The Morgan fingerprint density at radius 1 is 1.22 bits per heavy atom. The zero-order chi connectivity index (χ0) is 13.3. The first-order valence-corrected chi connectivity index (χ1v) is 6.70. The van der Waals surface area contributed by atoms with Crippen LogP contribution in [0.3, 0.4) is 0 Å². The Bertz CT molecular complexity index is 342. The van der Waals surface area contributed by atoms with Gasteiger partial charge in [0, 0.05) is 19.0 Å². The lowest BCUT2D eigenvalue weighted by Crippen LogP contribution is -2.38. The highest BCUT2D eigenvalue weighted by molar-refractivity contribution is 5.85. The molecule has 5 heteroatoms. The molecule has 18 heavy (non-hydrogen) atoms. The molecule has 1 saturated carbocycles. The van der Waals surface area contributed by atoms with Crippen molar-refractivity contribution in [1.29, 1.82) is 0 Å². The number of aliphatic carboxylic acids is 1. The summed E-state index contributed by atoms with van der Waals surface area (Å²) in [5.41, 5.74) is 0. The predicted molar refractivity (Wildman–Crippen MR) is 64.8 cm³/mol. The van der Waals surface area contributed by atoms with Crippen molar-refractivity contribution in [3.8, 4) is 0 Å². The molecule has 1 aliphatic carbocycles. The van der Waals surface area contributed by atoms with Crippen molar-refractivity contribution < 1.29 is 19.8 Å². The minimum atomic E-state index is -0.850. The molecule has 1 saturated heterocycles. The van der Waals surface area contributed by atoms with Gasteiger partial charge in [0.2, 0.25) is 5.91 Å². The molecule has 1 heterocycles. The molecular formula is C13H21NO4. The summed E-state index contributed by atoms with van der Waals surface area (Å²) in [5.74, 6) is -1.60. The maximum absolute atomic E-state index is 12.3. The van der Waals surface area contributed by atoms with Gasteiger partial charge in [-0.25, -0.2) is 0 Å². The predicted octanol–water partition coefficient (Wildman–Crippen LogP) is 0.717. The van der Waals surface area contributed by atoms with Crippen LogP contribution < -0.4 is 0 Å². The smallest absolute Gasteiger partial charge is 0.307 e. The fourth-order valence-corrected chi connectivity index (χ4v) is 3.17. The maximum atomic E-state index is 12.3. The molecule has 102 valence electrons. The van der Waals surface area contributed by atoms with Crippen LogP contribution in [0.4, 0.5) is 0 Å². The average molecular weight is 255 g/mol. The molecule has 2 aliphatic rings. The number of hydrogen-bond acceptors (Lipinski definition) is 3. The second-order valence-corrected chi connectivity index (χ2v) is 5.56. The van der Waals surface area contributed by atoms with Gasteiger partial charge in [0.15, 0.2) is 0 Å². The highest BCUT2D eigenvalue weighted by Gasteiger charge is 2.41. The van der Waals surface area contributed by atoms with Gasteiger partial charge < -0.3 is 15.1 Å². The summed E-state index contributed by atoms with van der Waals surface area (Å²) in [5, 5.41) is 18.6. The van der Waals surface area contributed by atoms with Crippen LogP contribution in [-0.4, -0.2) is 46.2 Å². The van der Waals surface area contributed by atoms with Gasteiger partial charge in [0.25, 0.3) is 0 Å². The SMILES string of the molecule is CC(O)C1CCN(C(=O)[C@@H]2CCC[C@@H]2C(=O)O)C1. The van der Waals surface area contributed by atoms with Crippen molar-refractivity contribution >= 4 is 11.9 Å². The van der Waals surface area contributed by atoms with Gasteiger partial charge in [-0.2, -0.15) is 0 Å². The van der Waals surface area contributed by atoms with E-state index in [0.717, 1.165) is 12.8 Å². The minimum Gasteiger partial charge on any atom is -0.481 e. The Morgan fingerprint density at radius 3 is 2.44 bits per heavy atom. The van der Waals surface area contributed by atoms with Crippen LogP contribution in [0, 0.1) is 17.8 Å². The molecule has 0 aromatic carbocycles. The molecule has 1 amide bonds. The Morgan fingerprint density at radius 2 is 1.89 bits per heavy atom. The summed E-state index contributed by atoms with van der Waals surface area (Å²) >= 11 is 0. The maximum Gasteiger partial charge on any atom is 0.307 e. The lowest BCUT2D eigenvalue weighted by Gasteiger charge is -2.23. The first-order valence-electron chi connectivity index (χ1n) is 6.70. The van der Waals surface area contributed by atoms with Crippen molar-refractivity contribution in [3.05, 3.63) is 0 Å². The largest absolute Gasteiger partial charge is 0.481 e. The van der Waals surface area contributed by atoms with Crippen LogP contribution >= 0.6 is 0 Å². The fourth-order valence-electron chi connectivity index (χ4n) is 3.17. The number of likely N-dealkylation sites (tertiary alicyclic amines) is 1. The average Bonchev–Trinajstić information content (AvgIpc) is 2.97. The number of carbonyl (C=O) groups is 2. The van der Waals surface area contributed by atoms with E-state index in [1.165, 1.54) is 0 Å². The Labute approximate surface area is 107 Å². The van der Waals surface area contributed by atoms with Crippen LogP contribution in [0.25, 0.3) is 0 Å². The molecule has 2 N–H and O–H groups in total. The van der Waals surface area contributed by atoms with Crippen LogP contribution in [0.1, 0.15) is 32.6 Å². The molecule has 0 aromatic heterocycles. The van der Waals surface area contributed by atoms with Gasteiger partial charge in [0.1, 0.15) is 0 Å². The molecule has 0 aromatic rings. The number of aliphatic hydroxyl groups excluding tert-OH is 1. The van der Waals surface area contributed by atoms with Crippen LogP contribution in [0.15, 0.2) is 0 Å². The first-order chi connectivity index (χ1) is 8.50. The standard InChI is InChI=1S/C13H21NO4/c1-8(15)9-5-6-14(7-9)12(16)10-3-2-4-11(10)13(17)18/h8-11,15H,2-7H2,1H3,(H,17,18)/t8?,9?,10-,11+/m1/s1. The number of carboxylic acids is 1. The molecule has 0 bridgehead atoms. The first kappa shape index (κ1) is 13.3. The number of amides is 1. The van der Waals surface area contributed by atoms with Crippen LogP contribution in [0.5, 0.6) is 0 Å². The Kier molecular flexibility index (Phi) is 3.90. The highest BCUT2D eigenvalue weighted by Crippen LogP contribution is 2.34. The van der Waals surface area contributed by atoms with E-state index >= 15 is 0 Å². The zero-order valence-corrected chi connectivity index (χ0v) is 10.7. The van der Waals surface area contributed by atoms with Crippen molar-refractivity contribution in [2.75, 3.05) is 13.1 Å². The Hall–Kier alpha value is -1.10. The van der Waals surface area contributed by atoms with Crippen molar-refractivity contribution in [2.24, 2.45) is 17.8 Å². The molecule has 2 rings (SSSR count). The van der Waals surface area contributed by atoms with Gasteiger partial charge in [-0.3, -0.25) is 9.59 Å². The second kappa shape index (κ2) is 5.26. The molecule has 0 spiro atoms. The van der Waals surface area contributed by atoms with Gasteiger partial charge in [0.05, 0.1) is 17.9 Å². The molecule has 2 unspecified atom stereocenters. The van der Waals surface area contributed by atoms with Crippen molar-refractivity contribution in [2.45, 2.75) is 38.7 Å². The highest BCUT2D eigenvalue weighted by atomic mass is 16.4. The zero-order valence-electron chi connectivity index (χ0n) is 10.7. The lowest BCUT2D eigenvalue weighted by molar-refractivity contribution is -0.148. The van der Waals surface area contributed by atoms with E-state index in [1.54, 1.807) is 11.8 Å². The van der Waals surface area contributed by atoms with Gasteiger partial charge in [-0.15, -0.1) is 0 Å². The summed E-state index contributed by atoms with van der Waals surface area (Å²) in [6, 6.07) is 0. The second-order valence-electron chi connectivity index (χ2n) is 5.56. The van der Waals surface area contributed by atoms with E-state index in [0.29, 0.717) is 25.9 Å². The molecule has 5 nitrogen and oxygen atoms in total. The summed E-state index contributed by atoms with van der Waals surface area (Å²) in [6.07, 6.45) is 2.53. The van der Waals surface area contributed by atoms with E-state index < -0.39 is 18.0 Å². The van der Waals surface area contributed by atoms with E-state index in [-0.39, 0.29) is 17.7 Å². The van der Waals surface area contributed by atoms with E-state index in [2.05, 4.69) is 0 Å². The Balaban J connectivity index is 1.98. The summed E-state index contributed by atoms with van der Waals surface area (Å²) in [7, 11) is 0. The van der Waals surface area contributed by atoms with E-state index in [4.69, 9.17) is 5.11 Å². The third-order valence-corrected chi connectivity index (χ3v) is 4.37. The minimum absolute atomic E-state index is 0.0250. The third-order valence-electron chi connectivity index (χ3n) is 4.37.